The molecule has 124 valence electrons. The van der Waals surface area contributed by atoms with Crippen molar-refractivity contribution in [2.24, 2.45) is 7.05 Å². The Balaban J connectivity index is 1.97. The average molecular weight is 343 g/mol. The number of amides is 1. The van der Waals surface area contributed by atoms with Crippen LogP contribution in [0.4, 0.5) is 5.69 Å². The van der Waals surface area contributed by atoms with Crippen LogP contribution in [0, 0.1) is 6.92 Å². The Hall–Kier alpha value is -2.67. The number of imidazole rings is 1. The average Bonchev–Trinajstić information content (AvgIpc) is 2.81. The molecule has 1 N–H and O–H groups in total. The summed E-state index contributed by atoms with van der Waals surface area (Å²) >= 11 is 0. The lowest BCUT2D eigenvalue weighted by Crippen LogP contribution is -2.14. The number of carbonyl (C=O) groups is 1. The molecule has 2 aromatic carbocycles. The number of fused-ring (bicyclic) bond motifs is 1. The molecule has 0 fully saturated rings. The fourth-order valence-electron chi connectivity index (χ4n) is 2.55. The highest BCUT2D eigenvalue weighted by molar-refractivity contribution is 7.90. The number of benzene rings is 2. The lowest BCUT2D eigenvalue weighted by atomic mass is 10.2. The number of nitrogens with one attached hydrogen (secondary N) is 1. The van der Waals surface area contributed by atoms with E-state index in [1.54, 1.807) is 30.3 Å². The third-order valence-corrected chi connectivity index (χ3v) is 5.06. The van der Waals surface area contributed by atoms with Gasteiger partial charge in [-0.25, -0.2) is 13.4 Å². The Kier molecular flexibility index (Phi) is 3.88. The van der Waals surface area contributed by atoms with Crippen molar-refractivity contribution in [3.05, 3.63) is 53.9 Å². The highest BCUT2D eigenvalue weighted by Crippen LogP contribution is 2.22. The number of hydrogen-bond acceptors (Lipinski definition) is 4. The number of nitrogens with zero attached hydrogens (tertiary/aromatic N) is 2. The van der Waals surface area contributed by atoms with E-state index in [-0.39, 0.29) is 16.5 Å². The third kappa shape index (κ3) is 2.90. The summed E-state index contributed by atoms with van der Waals surface area (Å²) in [6.07, 6.45) is 1.11. The van der Waals surface area contributed by atoms with Crippen LogP contribution >= 0.6 is 0 Å². The summed E-state index contributed by atoms with van der Waals surface area (Å²) < 4.78 is 25.6. The van der Waals surface area contributed by atoms with E-state index in [1.807, 2.05) is 24.6 Å². The quantitative estimate of drug-likeness (QED) is 0.792. The van der Waals surface area contributed by atoms with Crippen molar-refractivity contribution in [1.29, 1.82) is 0 Å². The third-order valence-electron chi connectivity index (χ3n) is 3.90. The second kappa shape index (κ2) is 5.76. The van der Waals surface area contributed by atoms with Crippen molar-refractivity contribution >= 4 is 32.5 Å². The van der Waals surface area contributed by atoms with E-state index < -0.39 is 9.84 Å². The van der Waals surface area contributed by atoms with Crippen molar-refractivity contribution in [2.45, 2.75) is 11.8 Å². The maximum absolute atomic E-state index is 12.5. The number of anilines is 1. The summed E-state index contributed by atoms with van der Waals surface area (Å²) in [4.78, 5) is 17.0. The minimum Gasteiger partial charge on any atom is -0.331 e. The van der Waals surface area contributed by atoms with Crippen LogP contribution in [0.25, 0.3) is 11.0 Å². The van der Waals surface area contributed by atoms with E-state index in [0.717, 1.165) is 23.1 Å². The van der Waals surface area contributed by atoms with Gasteiger partial charge in [0.1, 0.15) is 5.82 Å². The molecule has 0 radical (unpaired) electrons. The zero-order chi connectivity index (χ0) is 17.5. The van der Waals surface area contributed by atoms with Gasteiger partial charge in [0.05, 0.1) is 21.6 Å². The van der Waals surface area contributed by atoms with Crippen LogP contribution in [-0.4, -0.2) is 30.1 Å². The van der Waals surface area contributed by atoms with Gasteiger partial charge in [0.25, 0.3) is 5.91 Å². The monoisotopic (exact) mass is 343 g/mol. The molecule has 0 saturated heterocycles. The van der Waals surface area contributed by atoms with Gasteiger partial charge in [0.2, 0.25) is 0 Å². The molecule has 0 aliphatic carbocycles. The Morgan fingerprint density at radius 1 is 1.17 bits per heavy atom. The normalized spacial score (nSPS) is 11.6. The molecular weight excluding hydrogens is 326 g/mol. The molecule has 0 aliphatic heterocycles. The molecule has 0 saturated carbocycles. The summed E-state index contributed by atoms with van der Waals surface area (Å²) in [6.45, 7) is 1.89. The summed E-state index contributed by atoms with van der Waals surface area (Å²) in [5, 5.41) is 2.67. The molecule has 1 amide bonds. The van der Waals surface area contributed by atoms with Gasteiger partial charge in [-0.15, -0.1) is 0 Å². The van der Waals surface area contributed by atoms with Crippen LogP contribution in [0.3, 0.4) is 0 Å². The zero-order valence-electron chi connectivity index (χ0n) is 13.6. The van der Waals surface area contributed by atoms with E-state index in [1.165, 1.54) is 6.07 Å². The predicted molar refractivity (Wildman–Crippen MR) is 93.0 cm³/mol. The summed E-state index contributed by atoms with van der Waals surface area (Å²) in [6, 6.07) is 11.5. The second-order valence-electron chi connectivity index (χ2n) is 5.64. The molecule has 3 rings (SSSR count). The maximum Gasteiger partial charge on any atom is 0.255 e. The van der Waals surface area contributed by atoms with Gasteiger partial charge >= 0.3 is 0 Å². The zero-order valence-corrected chi connectivity index (χ0v) is 14.4. The maximum atomic E-state index is 12.5. The Bertz CT molecular complexity index is 1050. The van der Waals surface area contributed by atoms with Gasteiger partial charge in [0, 0.05) is 18.9 Å². The van der Waals surface area contributed by atoms with Crippen LogP contribution in [-0.2, 0) is 16.9 Å². The van der Waals surface area contributed by atoms with Crippen molar-refractivity contribution in [3.8, 4) is 0 Å². The number of aromatic nitrogens is 2. The summed E-state index contributed by atoms with van der Waals surface area (Å²) in [5.74, 6) is 0.473. The Morgan fingerprint density at radius 2 is 1.88 bits per heavy atom. The standard InChI is InChI=1S/C17H17N3O3S/c1-11-18-14-10-12(8-9-15(14)20(11)2)17(21)19-13-6-4-5-7-16(13)24(3,22)23/h4-10H,1-3H3,(H,19,21). The van der Waals surface area contributed by atoms with E-state index in [0.29, 0.717) is 5.56 Å². The van der Waals surface area contributed by atoms with Crippen molar-refractivity contribution in [2.75, 3.05) is 11.6 Å². The molecule has 0 bridgehead atoms. The van der Waals surface area contributed by atoms with Gasteiger partial charge in [-0.05, 0) is 37.3 Å². The van der Waals surface area contributed by atoms with E-state index >= 15 is 0 Å². The topological polar surface area (TPSA) is 81.1 Å². The number of sulfone groups is 1. The Morgan fingerprint density at radius 3 is 2.58 bits per heavy atom. The smallest absolute Gasteiger partial charge is 0.255 e. The lowest BCUT2D eigenvalue weighted by molar-refractivity contribution is 0.102. The number of hydrogen-bond donors (Lipinski definition) is 1. The van der Waals surface area contributed by atoms with Gasteiger partial charge in [0.15, 0.2) is 9.84 Å². The molecule has 0 spiro atoms. The highest BCUT2D eigenvalue weighted by Gasteiger charge is 2.16. The molecular formula is C17H17N3O3S. The minimum atomic E-state index is -3.43. The highest BCUT2D eigenvalue weighted by atomic mass is 32.2. The largest absolute Gasteiger partial charge is 0.331 e. The van der Waals surface area contributed by atoms with Crippen LogP contribution in [0.2, 0.25) is 0 Å². The van der Waals surface area contributed by atoms with Gasteiger partial charge < -0.3 is 9.88 Å². The number of rotatable bonds is 3. The fourth-order valence-corrected chi connectivity index (χ4v) is 3.39. The van der Waals surface area contributed by atoms with Crippen LogP contribution in [0.1, 0.15) is 16.2 Å². The van der Waals surface area contributed by atoms with E-state index in [2.05, 4.69) is 10.3 Å². The second-order valence-corrected chi connectivity index (χ2v) is 7.63. The molecule has 0 atom stereocenters. The first-order valence-electron chi connectivity index (χ1n) is 7.31. The molecule has 6 nitrogen and oxygen atoms in total. The van der Waals surface area contributed by atoms with E-state index in [4.69, 9.17) is 0 Å². The first-order valence-corrected chi connectivity index (χ1v) is 9.20. The van der Waals surface area contributed by atoms with Gasteiger partial charge in [-0.3, -0.25) is 4.79 Å². The summed E-state index contributed by atoms with van der Waals surface area (Å²) in [5.41, 5.74) is 2.34. The van der Waals surface area contributed by atoms with Gasteiger partial charge in [-0.2, -0.15) is 0 Å². The molecule has 0 unspecified atom stereocenters. The van der Waals surface area contributed by atoms with Crippen LogP contribution < -0.4 is 5.32 Å². The first kappa shape index (κ1) is 16.2. The van der Waals surface area contributed by atoms with Crippen LogP contribution in [0.5, 0.6) is 0 Å². The van der Waals surface area contributed by atoms with Crippen LogP contribution in [0.15, 0.2) is 47.4 Å². The first-order chi connectivity index (χ1) is 11.3. The van der Waals surface area contributed by atoms with Crippen molar-refractivity contribution in [3.63, 3.8) is 0 Å². The lowest BCUT2D eigenvalue weighted by Gasteiger charge is -2.09. The molecule has 7 heteroatoms. The SMILES string of the molecule is Cc1nc2cc(C(=O)Nc3ccccc3S(C)(=O)=O)ccc2n1C. The number of para-hydroxylation sites is 1. The van der Waals surface area contributed by atoms with Crippen molar-refractivity contribution < 1.29 is 13.2 Å². The molecule has 0 aliphatic rings. The molecule has 1 heterocycles. The molecule has 1 aromatic heterocycles. The van der Waals surface area contributed by atoms with Crippen molar-refractivity contribution in [1.82, 2.24) is 9.55 Å². The number of aryl methyl sites for hydroxylation is 2. The Labute approximate surface area is 140 Å². The molecule has 3 aromatic rings. The molecule has 24 heavy (non-hydrogen) atoms. The van der Waals surface area contributed by atoms with E-state index in [9.17, 15) is 13.2 Å². The summed E-state index contributed by atoms with van der Waals surface area (Å²) in [7, 11) is -1.52. The van der Waals surface area contributed by atoms with Gasteiger partial charge in [-0.1, -0.05) is 12.1 Å². The predicted octanol–water partition coefficient (Wildman–Crippen LogP) is 2.54. The fraction of sp³-hybridized carbons (Fsp3) is 0.176. The minimum absolute atomic E-state index is 0.0908. The number of carbonyl (C=O) groups excluding carboxylic acids is 1.